The lowest BCUT2D eigenvalue weighted by Crippen LogP contribution is -2.31. The zero-order valence-corrected chi connectivity index (χ0v) is 15.3. The van der Waals surface area contributed by atoms with Gasteiger partial charge in [-0.1, -0.05) is 26.0 Å². The first-order valence-corrected chi connectivity index (χ1v) is 8.19. The molecule has 0 aromatic heterocycles. The lowest BCUT2D eigenvalue weighted by molar-refractivity contribution is -0.482. The molecule has 138 valence electrons. The molecule has 0 saturated heterocycles. The van der Waals surface area contributed by atoms with Crippen LogP contribution in [0.15, 0.2) is 24.3 Å². The Labute approximate surface area is 150 Å². The van der Waals surface area contributed by atoms with Crippen molar-refractivity contribution >= 4 is 24.3 Å². The Kier molecular flexibility index (Phi) is 7.99. The molecule has 0 atom stereocenters. The third kappa shape index (κ3) is 7.29. The second kappa shape index (κ2) is 9.72. The highest BCUT2D eigenvalue weighted by Gasteiger charge is 2.20. The summed E-state index contributed by atoms with van der Waals surface area (Å²) >= 11 is 0.752. The van der Waals surface area contributed by atoms with E-state index in [4.69, 9.17) is 9.47 Å². The molecule has 1 rings (SSSR count). The molecule has 9 nitrogen and oxygen atoms in total. The van der Waals surface area contributed by atoms with Gasteiger partial charge in [0.2, 0.25) is 6.54 Å². The average Bonchev–Trinajstić information content (AvgIpc) is 2.54. The van der Waals surface area contributed by atoms with Crippen molar-refractivity contribution < 1.29 is 24.0 Å². The van der Waals surface area contributed by atoms with Gasteiger partial charge in [-0.2, -0.15) is 0 Å². The second-order valence-electron chi connectivity index (χ2n) is 5.34. The highest BCUT2D eigenvalue weighted by atomic mass is 32.2. The summed E-state index contributed by atoms with van der Waals surface area (Å²) in [5, 5.41) is 10.2. The lowest BCUT2D eigenvalue weighted by atomic mass is 10.0. The van der Waals surface area contributed by atoms with Gasteiger partial charge in [0.15, 0.2) is 6.61 Å². The fraction of sp³-hybridized carbons (Fsp3) is 0.467. The van der Waals surface area contributed by atoms with E-state index < -0.39 is 23.7 Å². The van der Waals surface area contributed by atoms with Crippen molar-refractivity contribution in [2.45, 2.75) is 19.8 Å². The van der Waals surface area contributed by atoms with E-state index in [1.807, 2.05) is 19.9 Å². The SMILES string of the molecule is CC(C)c1cccc(OC(=O)N(C)SN(C)C(=O)OCC[N+](=O)[O-])c1. The molecule has 0 fully saturated rings. The van der Waals surface area contributed by atoms with Crippen molar-refractivity contribution in [3.05, 3.63) is 39.9 Å². The minimum atomic E-state index is -0.798. The molecule has 0 spiro atoms. The van der Waals surface area contributed by atoms with Gasteiger partial charge in [0.25, 0.3) is 0 Å². The highest BCUT2D eigenvalue weighted by molar-refractivity contribution is 7.95. The number of carbonyl (C=O) groups excluding carboxylic acids is 2. The number of amides is 2. The molecule has 2 amide bonds. The Morgan fingerprint density at radius 3 is 2.48 bits per heavy atom. The zero-order valence-electron chi connectivity index (χ0n) is 14.5. The zero-order chi connectivity index (χ0) is 19.0. The lowest BCUT2D eigenvalue weighted by Gasteiger charge is -2.21. The first-order chi connectivity index (χ1) is 11.7. The van der Waals surface area contributed by atoms with Crippen LogP contribution in [0, 0.1) is 10.1 Å². The number of nitrogens with zero attached hydrogens (tertiary/aromatic N) is 3. The van der Waals surface area contributed by atoms with Crippen molar-refractivity contribution in [3.63, 3.8) is 0 Å². The van der Waals surface area contributed by atoms with Crippen molar-refractivity contribution in [2.24, 2.45) is 0 Å². The summed E-state index contributed by atoms with van der Waals surface area (Å²) in [4.78, 5) is 33.3. The molecule has 0 aliphatic rings. The van der Waals surface area contributed by atoms with Crippen LogP contribution in [0.25, 0.3) is 0 Å². The van der Waals surface area contributed by atoms with E-state index in [2.05, 4.69) is 0 Å². The second-order valence-corrected chi connectivity index (χ2v) is 6.60. The molecule has 0 radical (unpaired) electrons. The molecule has 0 bridgehead atoms. The van der Waals surface area contributed by atoms with Crippen LogP contribution in [0.2, 0.25) is 0 Å². The predicted octanol–water partition coefficient (Wildman–Crippen LogP) is 3.15. The summed E-state index contributed by atoms with van der Waals surface area (Å²) in [6.07, 6.45) is -1.47. The van der Waals surface area contributed by atoms with Crippen molar-refractivity contribution in [3.8, 4) is 5.75 Å². The molecule has 1 aromatic rings. The van der Waals surface area contributed by atoms with Gasteiger partial charge in [-0.3, -0.25) is 10.1 Å². The van der Waals surface area contributed by atoms with Crippen LogP contribution >= 0.6 is 12.1 Å². The third-order valence-corrected chi connectivity index (χ3v) is 3.78. The molecular weight excluding hydrogens is 350 g/mol. The first-order valence-electron chi connectivity index (χ1n) is 7.46. The van der Waals surface area contributed by atoms with Crippen molar-refractivity contribution in [1.82, 2.24) is 8.61 Å². The quantitative estimate of drug-likeness (QED) is 0.412. The topological polar surface area (TPSA) is 102 Å². The Bertz CT molecular complexity index is 625. The number of carbonyl (C=O) groups is 2. The predicted molar refractivity (Wildman–Crippen MR) is 92.9 cm³/mol. The normalized spacial score (nSPS) is 10.3. The van der Waals surface area contributed by atoms with Crippen LogP contribution in [0.5, 0.6) is 5.75 Å². The Morgan fingerprint density at radius 2 is 1.88 bits per heavy atom. The molecule has 1 aromatic carbocycles. The van der Waals surface area contributed by atoms with Gasteiger partial charge in [0, 0.05) is 19.0 Å². The van der Waals surface area contributed by atoms with E-state index in [9.17, 15) is 19.7 Å². The Morgan fingerprint density at radius 1 is 1.24 bits per heavy atom. The molecule has 25 heavy (non-hydrogen) atoms. The van der Waals surface area contributed by atoms with Gasteiger partial charge in [0.05, 0.1) is 12.1 Å². The number of ether oxygens (including phenoxy) is 2. The van der Waals surface area contributed by atoms with Gasteiger partial charge in [-0.15, -0.1) is 0 Å². The maximum atomic E-state index is 12.1. The number of hydrogen-bond acceptors (Lipinski definition) is 7. The molecule has 0 unspecified atom stereocenters. The summed E-state index contributed by atoms with van der Waals surface area (Å²) in [5.41, 5.74) is 1.03. The maximum Gasteiger partial charge on any atom is 0.426 e. The number of nitro groups is 1. The highest BCUT2D eigenvalue weighted by Crippen LogP contribution is 2.22. The summed E-state index contributed by atoms with van der Waals surface area (Å²) < 4.78 is 12.1. The van der Waals surface area contributed by atoms with E-state index in [0.717, 1.165) is 26.3 Å². The smallest absolute Gasteiger partial charge is 0.426 e. The van der Waals surface area contributed by atoms with E-state index in [1.165, 1.54) is 14.1 Å². The minimum absolute atomic E-state index is 0.297. The molecule has 10 heteroatoms. The van der Waals surface area contributed by atoms with Crippen LogP contribution in [-0.2, 0) is 4.74 Å². The molecule has 0 N–H and O–H groups in total. The minimum Gasteiger partial charge on any atom is -0.442 e. The van der Waals surface area contributed by atoms with Crippen molar-refractivity contribution in [1.29, 1.82) is 0 Å². The van der Waals surface area contributed by atoms with E-state index in [0.29, 0.717) is 11.7 Å². The first kappa shape index (κ1) is 20.6. The van der Waals surface area contributed by atoms with Crippen LogP contribution in [0.1, 0.15) is 25.3 Å². The van der Waals surface area contributed by atoms with Gasteiger partial charge < -0.3 is 9.47 Å². The van der Waals surface area contributed by atoms with E-state index >= 15 is 0 Å². The number of rotatable bonds is 7. The molecule has 0 heterocycles. The number of hydrogen-bond donors (Lipinski definition) is 0. The largest absolute Gasteiger partial charge is 0.442 e. The van der Waals surface area contributed by atoms with Gasteiger partial charge >= 0.3 is 12.2 Å². The molecule has 0 aliphatic heterocycles. The van der Waals surface area contributed by atoms with Gasteiger partial charge in [0.1, 0.15) is 5.75 Å². The molecule has 0 aliphatic carbocycles. The fourth-order valence-corrected chi connectivity index (χ4v) is 2.24. The third-order valence-electron chi connectivity index (χ3n) is 2.99. The summed E-state index contributed by atoms with van der Waals surface area (Å²) in [6, 6.07) is 7.17. The average molecular weight is 371 g/mol. The summed E-state index contributed by atoms with van der Waals surface area (Å²) in [5.74, 6) is 0.700. The Balaban J connectivity index is 2.51. The van der Waals surface area contributed by atoms with E-state index in [1.54, 1.807) is 18.2 Å². The monoisotopic (exact) mass is 371 g/mol. The number of benzene rings is 1. The van der Waals surface area contributed by atoms with Gasteiger partial charge in [-0.05, 0) is 23.6 Å². The molecule has 0 saturated carbocycles. The maximum absolute atomic E-state index is 12.1. The Hall–Kier alpha value is -2.49. The summed E-state index contributed by atoms with van der Waals surface area (Å²) in [7, 11) is 2.81. The van der Waals surface area contributed by atoms with Crippen LogP contribution in [0.4, 0.5) is 9.59 Å². The molecular formula is C15H21N3O6S. The van der Waals surface area contributed by atoms with E-state index in [-0.39, 0.29) is 6.61 Å². The standard InChI is InChI=1S/C15H21N3O6S/c1-11(2)12-6-5-7-13(10-12)24-15(20)17(4)25-16(3)14(19)23-9-8-18(21)22/h5-7,10-11H,8-9H2,1-4H3. The van der Waals surface area contributed by atoms with Crippen molar-refractivity contribution in [2.75, 3.05) is 27.2 Å². The van der Waals surface area contributed by atoms with Crippen LogP contribution in [0.3, 0.4) is 0 Å². The fourth-order valence-electron chi connectivity index (χ4n) is 1.65. The summed E-state index contributed by atoms with van der Waals surface area (Å²) in [6.45, 7) is 3.24. The van der Waals surface area contributed by atoms with Crippen LogP contribution in [-0.4, -0.2) is 53.0 Å². The van der Waals surface area contributed by atoms with Crippen LogP contribution < -0.4 is 4.74 Å². The van der Waals surface area contributed by atoms with Gasteiger partial charge in [-0.25, -0.2) is 18.2 Å².